The van der Waals surface area contributed by atoms with E-state index in [0.717, 1.165) is 29.9 Å². The molecule has 5 heteroatoms. The van der Waals surface area contributed by atoms with Crippen LogP contribution in [0.1, 0.15) is 36.0 Å². The molecule has 1 aliphatic rings. The van der Waals surface area contributed by atoms with E-state index in [0.29, 0.717) is 17.9 Å². The van der Waals surface area contributed by atoms with Gasteiger partial charge in [-0.05, 0) is 24.5 Å². The molecule has 1 aromatic carbocycles. The molecule has 0 radical (unpaired) electrons. The molecule has 0 fully saturated rings. The molecule has 0 bridgehead atoms. The first-order valence-electron chi connectivity index (χ1n) is 6.68. The van der Waals surface area contributed by atoms with E-state index >= 15 is 0 Å². The number of halogens is 1. The predicted octanol–water partition coefficient (Wildman–Crippen LogP) is 3.09. The highest BCUT2D eigenvalue weighted by Crippen LogP contribution is 2.26. The molecule has 2 heterocycles. The monoisotopic (exact) mass is 290 g/mol. The van der Waals surface area contributed by atoms with Crippen molar-refractivity contribution in [2.24, 2.45) is 0 Å². The Hall–Kier alpha value is -1.81. The van der Waals surface area contributed by atoms with Gasteiger partial charge in [0.25, 0.3) is 0 Å². The Morgan fingerprint density at radius 3 is 3.00 bits per heavy atom. The van der Waals surface area contributed by atoms with Crippen LogP contribution in [0.25, 0.3) is 0 Å². The van der Waals surface area contributed by atoms with Gasteiger partial charge in [0, 0.05) is 24.1 Å². The molecule has 1 atom stereocenters. The van der Waals surface area contributed by atoms with E-state index in [1.54, 1.807) is 4.57 Å². The van der Waals surface area contributed by atoms with Gasteiger partial charge in [0.05, 0.1) is 5.69 Å². The molecule has 20 heavy (non-hydrogen) atoms. The van der Waals surface area contributed by atoms with Gasteiger partial charge >= 0.3 is 5.97 Å². The zero-order valence-corrected chi connectivity index (χ0v) is 11.7. The second-order valence-corrected chi connectivity index (χ2v) is 5.48. The van der Waals surface area contributed by atoms with Crippen LogP contribution in [0.2, 0.25) is 5.02 Å². The summed E-state index contributed by atoms with van der Waals surface area (Å²) in [6.45, 7) is 0. The minimum Gasteiger partial charge on any atom is -0.480 e. The Morgan fingerprint density at radius 1 is 1.45 bits per heavy atom. The van der Waals surface area contributed by atoms with Crippen LogP contribution < -0.4 is 0 Å². The van der Waals surface area contributed by atoms with Gasteiger partial charge in [-0.2, -0.15) is 0 Å². The summed E-state index contributed by atoms with van der Waals surface area (Å²) in [5.74, 6) is 0.0818. The van der Waals surface area contributed by atoms with Gasteiger partial charge in [-0.15, -0.1) is 0 Å². The summed E-state index contributed by atoms with van der Waals surface area (Å²) in [5.41, 5.74) is 1.89. The Bertz CT molecular complexity index is 651. The van der Waals surface area contributed by atoms with E-state index in [1.165, 1.54) is 0 Å². The van der Waals surface area contributed by atoms with Crippen molar-refractivity contribution in [2.75, 3.05) is 0 Å². The maximum absolute atomic E-state index is 11.3. The smallest absolute Gasteiger partial charge is 0.326 e. The molecule has 1 aliphatic heterocycles. The first-order chi connectivity index (χ1) is 9.65. The number of rotatable bonds is 3. The van der Waals surface area contributed by atoms with Crippen molar-refractivity contribution in [1.82, 2.24) is 9.55 Å². The fraction of sp³-hybridized carbons (Fsp3) is 0.333. The van der Waals surface area contributed by atoms with Crippen LogP contribution in [0.5, 0.6) is 0 Å². The van der Waals surface area contributed by atoms with Crippen molar-refractivity contribution in [3.63, 3.8) is 0 Å². The second kappa shape index (κ2) is 5.29. The number of hydrogen-bond acceptors (Lipinski definition) is 2. The van der Waals surface area contributed by atoms with Crippen molar-refractivity contribution < 1.29 is 9.90 Å². The molecule has 0 saturated heterocycles. The predicted molar refractivity (Wildman–Crippen MR) is 76.1 cm³/mol. The maximum Gasteiger partial charge on any atom is 0.326 e. The number of aliphatic carboxylic acids is 1. The molecule has 4 nitrogen and oxygen atoms in total. The topological polar surface area (TPSA) is 55.1 Å². The van der Waals surface area contributed by atoms with E-state index in [-0.39, 0.29) is 0 Å². The van der Waals surface area contributed by atoms with Crippen molar-refractivity contribution >= 4 is 17.6 Å². The van der Waals surface area contributed by atoms with Crippen molar-refractivity contribution in [3.05, 3.63) is 52.6 Å². The third kappa shape index (κ3) is 2.43. The number of fused-ring (bicyclic) bond motifs is 1. The van der Waals surface area contributed by atoms with Gasteiger partial charge in [0.15, 0.2) is 0 Å². The molecule has 1 aromatic heterocycles. The van der Waals surface area contributed by atoms with Crippen LogP contribution in [0.15, 0.2) is 30.5 Å². The largest absolute Gasteiger partial charge is 0.480 e. The van der Waals surface area contributed by atoms with Crippen LogP contribution in [0.3, 0.4) is 0 Å². The average molecular weight is 291 g/mol. The molecule has 0 saturated carbocycles. The van der Waals surface area contributed by atoms with Crippen molar-refractivity contribution in [1.29, 1.82) is 0 Å². The minimum atomic E-state index is -0.785. The Morgan fingerprint density at radius 2 is 2.25 bits per heavy atom. The third-order valence-electron chi connectivity index (χ3n) is 3.69. The van der Waals surface area contributed by atoms with Gasteiger partial charge in [-0.25, -0.2) is 9.78 Å². The lowest BCUT2D eigenvalue weighted by atomic mass is 10.1. The molecule has 0 spiro atoms. The lowest BCUT2D eigenvalue weighted by Gasteiger charge is -2.20. The fourth-order valence-electron chi connectivity index (χ4n) is 2.70. The molecule has 104 valence electrons. The summed E-state index contributed by atoms with van der Waals surface area (Å²) in [4.78, 5) is 15.8. The quantitative estimate of drug-likeness (QED) is 0.945. The van der Waals surface area contributed by atoms with Crippen LogP contribution >= 0.6 is 11.6 Å². The van der Waals surface area contributed by atoms with E-state index in [4.69, 9.17) is 11.6 Å². The lowest BCUT2D eigenvalue weighted by Crippen LogP contribution is -2.24. The highest BCUT2D eigenvalue weighted by molar-refractivity contribution is 6.31. The van der Waals surface area contributed by atoms with Gasteiger partial charge in [-0.3, -0.25) is 0 Å². The van der Waals surface area contributed by atoms with Gasteiger partial charge in [0.1, 0.15) is 11.9 Å². The summed E-state index contributed by atoms with van der Waals surface area (Å²) in [7, 11) is 0. The normalized spacial score (nSPS) is 17.8. The van der Waals surface area contributed by atoms with Crippen LogP contribution in [-0.4, -0.2) is 20.6 Å². The number of aryl methyl sites for hydroxylation is 1. The molecular weight excluding hydrogens is 276 g/mol. The van der Waals surface area contributed by atoms with Crippen LogP contribution in [-0.2, 0) is 17.6 Å². The zero-order chi connectivity index (χ0) is 14.1. The number of carboxylic acids is 1. The van der Waals surface area contributed by atoms with E-state index in [1.807, 2.05) is 30.5 Å². The van der Waals surface area contributed by atoms with Crippen LogP contribution in [0.4, 0.5) is 0 Å². The van der Waals surface area contributed by atoms with Gasteiger partial charge in [-0.1, -0.05) is 29.8 Å². The summed E-state index contributed by atoms with van der Waals surface area (Å²) >= 11 is 6.15. The standard InChI is InChI=1S/C15H15ClN2O2/c16-12-5-2-1-4-10(12)8-11-9-18-13(15(19)20)6-3-7-14(18)17-11/h1-2,4-5,9,13H,3,6-8H2,(H,19,20). The SMILES string of the molecule is O=C(O)C1CCCc2nc(Cc3ccccc3Cl)cn21. The van der Waals surface area contributed by atoms with Gasteiger partial charge in [0.2, 0.25) is 0 Å². The molecule has 3 rings (SSSR count). The number of nitrogens with zero attached hydrogens (tertiary/aromatic N) is 2. The average Bonchev–Trinajstić information content (AvgIpc) is 2.83. The molecule has 2 aromatic rings. The Kier molecular flexibility index (Phi) is 3.49. The van der Waals surface area contributed by atoms with Crippen molar-refractivity contribution in [3.8, 4) is 0 Å². The van der Waals surface area contributed by atoms with E-state index in [2.05, 4.69) is 4.98 Å². The molecular formula is C15H15ClN2O2. The second-order valence-electron chi connectivity index (χ2n) is 5.07. The molecule has 1 unspecified atom stereocenters. The number of carbonyl (C=O) groups is 1. The summed E-state index contributed by atoms with van der Waals surface area (Å²) in [5, 5.41) is 9.97. The Balaban J connectivity index is 1.90. The molecule has 0 aliphatic carbocycles. The highest BCUT2D eigenvalue weighted by Gasteiger charge is 2.26. The van der Waals surface area contributed by atoms with Gasteiger partial charge < -0.3 is 9.67 Å². The van der Waals surface area contributed by atoms with Crippen molar-refractivity contribution in [2.45, 2.75) is 31.7 Å². The fourth-order valence-corrected chi connectivity index (χ4v) is 2.90. The first kappa shape index (κ1) is 13.2. The molecule has 0 amide bonds. The summed E-state index contributed by atoms with van der Waals surface area (Å²) < 4.78 is 1.80. The maximum atomic E-state index is 11.3. The van der Waals surface area contributed by atoms with Crippen LogP contribution in [0, 0.1) is 0 Å². The summed E-state index contributed by atoms with van der Waals surface area (Å²) in [6, 6.07) is 7.18. The number of hydrogen-bond donors (Lipinski definition) is 1. The number of imidazole rings is 1. The summed E-state index contributed by atoms with van der Waals surface area (Å²) in [6.07, 6.45) is 4.87. The number of carboxylic acid groups (broad SMARTS) is 1. The Labute approximate surface area is 122 Å². The number of benzene rings is 1. The number of aromatic nitrogens is 2. The minimum absolute atomic E-state index is 0.480. The zero-order valence-electron chi connectivity index (χ0n) is 10.9. The highest BCUT2D eigenvalue weighted by atomic mass is 35.5. The van der Waals surface area contributed by atoms with E-state index in [9.17, 15) is 9.90 Å². The molecule has 1 N–H and O–H groups in total. The first-order valence-corrected chi connectivity index (χ1v) is 7.06. The lowest BCUT2D eigenvalue weighted by molar-refractivity contribution is -0.141. The van der Waals surface area contributed by atoms with E-state index < -0.39 is 12.0 Å². The third-order valence-corrected chi connectivity index (χ3v) is 4.06.